The molecule has 0 aliphatic carbocycles. The van der Waals surface area contributed by atoms with Crippen molar-refractivity contribution in [3.63, 3.8) is 0 Å². The Labute approximate surface area is 307 Å². The van der Waals surface area contributed by atoms with Gasteiger partial charge in [-0.05, 0) is 110 Å². The van der Waals surface area contributed by atoms with Gasteiger partial charge in [0.05, 0.1) is 5.69 Å². The molecular formula is C50H33NS. The molecule has 0 N–H and O–H groups in total. The smallest absolute Gasteiger partial charge is 0.0554 e. The SMILES string of the molecule is c1ccc(-c2cccc(N(c3ccc4cc(-c5ccc(-c6ccc7ccccc7c6)cc5)ccc4c3)c3cccc4sc5ccccc5c34)c2)cc1. The van der Waals surface area contributed by atoms with E-state index in [1.807, 2.05) is 11.3 Å². The Kier molecular flexibility index (Phi) is 7.41. The maximum absolute atomic E-state index is 2.44. The van der Waals surface area contributed by atoms with Crippen LogP contribution in [-0.4, -0.2) is 0 Å². The molecule has 1 heterocycles. The maximum Gasteiger partial charge on any atom is 0.0554 e. The summed E-state index contributed by atoms with van der Waals surface area (Å²) < 4.78 is 2.60. The number of benzene rings is 9. The molecule has 0 spiro atoms. The van der Waals surface area contributed by atoms with E-state index >= 15 is 0 Å². The first-order chi connectivity index (χ1) is 25.7. The highest BCUT2D eigenvalue weighted by atomic mass is 32.1. The summed E-state index contributed by atoms with van der Waals surface area (Å²) in [7, 11) is 0. The third-order valence-electron chi connectivity index (χ3n) is 10.2. The number of thiophene rings is 1. The van der Waals surface area contributed by atoms with E-state index in [-0.39, 0.29) is 0 Å². The first-order valence-electron chi connectivity index (χ1n) is 17.7. The van der Waals surface area contributed by atoms with E-state index in [9.17, 15) is 0 Å². The fraction of sp³-hybridized carbons (Fsp3) is 0. The Bertz CT molecular complexity index is 2900. The molecule has 0 unspecified atom stereocenters. The van der Waals surface area contributed by atoms with E-state index < -0.39 is 0 Å². The average Bonchev–Trinajstić information content (AvgIpc) is 3.61. The van der Waals surface area contributed by atoms with Crippen LogP contribution in [0.2, 0.25) is 0 Å². The van der Waals surface area contributed by atoms with Crippen LogP contribution in [0.4, 0.5) is 17.1 Å². The zero-order valence-corrected chi connectivity index (χ0v) is 29.2. The third kappa shape index (κ3) is 5.42. The molecule has 244 valence electrons. The second kappa shape index (κ2) is 12.7. The number of nitrogens with zero attached hydrogens (tertiary/aromatic N) is 1. The molecule has 10 rings (SSSR count). The number of hydrogen-bond acceptors (Lipinski definition) is 2. The van der Waals surface area contributed by atoms with E-state index in [0.717, 1.165) is 11.4 Å². The second-order valence-corrected chi connectivity index (χ2v) is 14.5. The monoisotopic (exact) mass is 679 g/mol. The summed E-state index contributed by atoms with van der Waals surface area (Å²) in [6, 6.07) is 73.0. The van der Waals surface area contributed by atoms with Crippen LogP contribution in [0.5, 0.6) is 0 Å². The van der Waals surface area contributed by atoms with Crippen molar-refractivity contribution in [1.82, 2.24) is 0 Å². The molecule has 0 bridgehead atoms. The Morgan fingerprint density at radius 1 is 0.308 bits per heavy atom. The molecule has 0 saturated heterocycles. The van der Waals surface area contributed by atoms with Crippen molar-refractivity contribution < 1.29 is 0 Å². The summed E-state index contributed by atoms with van der Waals surface area (Å²) in [4.78, 5) is 2.44. The fourth-order valence-electron chi connectivity index (χ4n) is 7.60. The number of rotatable bonds is 6. The lowest BCUT2D eigenvalue weighted by Crippen LogP contribution is -2.10. The number of hydrogen-bond donors (Lipinski definition) is 0. The zero-order chi connectivity index (χ0) is 34.4. The predicted molar refractivity (Wildman–Crippen MR) is 225 cm³/mol. The van der Waals surface area contributed by atoms with Crippen molar-refractivity contribution in [3.8, 4) is 33.4 Å². The minimum Gasteiger partial charge on any atom is -0.310 e. The molecule has 1 aromatic heterocycles. The van der Waals surface area contributed by atoms with Gasteiger partial charge in [0, 0.05) is 31.5 Å². The van der Waals surface area contributed by atoms with Crippen LogP contribution in [0, 0.1) is 0 Å². The van der Waals surface area contributed by atoms with Crippen molar-refractivity contribution in [1.29, 1.82) is 0 Å². The zero-order valence-electron chi connectivity index (χ0n) is 28.4. The van der Waals surface area contributed by atoms with E-state index in [2.05, 4.69) is 205 Å². The molecular weight excluding hydrogens is 647 g/mol. The summed E-state index contributed by atoms with van der Waals surface area (Å²) in [5, 5.41) is 7.54. The van der Waals surface area contributed by atoms with Gasteiger partial charge in [0.15, 0.2) is 0 Å². The highest BCUT2D eigenvalue weighted by Gasteiger charge is 2.19. The molecule has 52 heavy (non-hydrogen) atoms. The van der Waals surface area contributed by atoms with Gasteiger partial charge < -0.3 is 4.90 Å². The first-order valence-corrected chi connectivity index (χ1v) is 18.6. The van der Waals surface area contributed by atoms with Crippen LogP contribution in [0.1, 0.15) is 0 Å². The standard InChI is InChI=1S/C50H33NS/c1-2-10-34(11-3-1)39-14-8-15-44(32-39)51(47-17-9-19-49-50(47)46-16-6-7-18-48(46)52-49)45-29-28-42-31-41(26-27-43(42)33-45)37-22-20-36(21-23-37)40-25-24-35-12-4-5-13-38(35)30-40/h1-33H. The van der Waals surface area contributed by atoms with Gasteiger partial charge in [0.2, 0.25) is 0 Å². The van der Waals surface area contributed by atoms with Gasteiger partial charge in [0.1, 0.15) is 0 Å². The van der Waals surface area contributed by atoms with E-state index in [4.69, 9.17) is 0 Å². The van der Waals surface area contributed by atoms with Crippen LogP contribution in [0.3, 0.4) is 0 Å². The molecule has 10 aromatic rings. The fourth-order valence-corrected chi connectivity index (χ4v) is 8.73. The van der Waals surface area contributed by atoms with Crippen LogP contribution < -0.4 is 4.90 Å². The lowest BCUT2D eigenvalue weighted by Gasteiger charge is -2.27. The Morgan fingerprint density at radius 2 is 0.827 bits per heavy atom. The highest BCUT2D eigenvalue weighted by molar-refractivity contribution is 7.26. The molecule has 1 nitrogen and oxygen atoms in total. The Hall–Kier alpha value is -6.48. The topological polar surface area (TPSA) is 3.24 Å². The summed E-state index contributed by atoms with van der Waals surface area (Å²) in [5.41, 5.74) is 10.7. The summed E-state index contributed by atoms with van der Waals surface area (Å²) in [6.45, 7) is 0. The van der Waals surface area contributed by atoms with Crippen molar-refractivity contribution in [3.05, 3.63) is 200 Å². The van der Waals surface area contributed by atoms with Crippen LogP contribution in [0.15, 0.2) is 200 Å². The third-order valence-corrected chi connectivity index (χ3v) is 11.4. The molecule has 0 fully saturated rings. The lowest BCUT2D eigenvalue weighted by atomic mass is 9.97. The molecule has 9 aromatic carbocycles. The van der Waals surface area contributed by atoms with Gasteiger partial charge in [-0.2, -0.15) is 0 Å². The molecule has 0 radical (unpaired) electrons. The first kappa shape index (κ1) is 30.4. The molecule has 0 atom stereocenters. The van der Waals surface area contributed by atoms with Crippen LogP contribution in [-0.2, 0) is 0 Å². The minimum absolute atomic E-state index is 1.13. The van der Waals surface area contributed by atoms with Gasteiger partial charge >= 0.3 is 0 Å². The molecule has 0 aliphatic heterocycles. The molecule has 2 heteroatoms. The minimum atomic E-state index is 1.13. The van der Waals surface area contributed by atoms with Crippen molar-refractivity contribution in [2.75, 3.05) is 4.90 Å². The van der Waals surface area contributed by atoms with Crippen LogP contribution in [0.25, 0.3) is 75.1 Å². The van der Waals surface area contributed by atoms with Gasteiger partial charge in [-0.3, -0.25) is 0 Å². The molecule has 0 aliphatic rings. The summed E-state index contributed by atoms with van der Waals surface area (Å²) in [5.74, 6) is 0. The quantitative estimate of drug-likeness (QED) is 0.169. The van der Waals surface area contributed by atoms with E-state index in [1.165, 1.54) is 80.8 Å². The van der Waals surface area contributed by atoms with Crippen molar-refractivity contribution >= 4 is 70.1 Å². The molecule has 0 amide bonds. The van der Waals surface area contributed by atoms with Crippen LogP contribution >= 0.6 is 11.3 Å². The summed E-state index contributed by atoms with van der Waals surface area (Å²) in [6.07, 6.45) is 0. The normalized spacial score (nSPS) is 11.5. The van der Waals surface area contributed by atoms with Gasteiger partial charge in [-0.25, -0.2) is 0 Å². The van der Waals surface area contributed by atoms with Gasteiger partial charge in [-0.1, -0.05) is 146 Å². The Morgan fingerprint density at radius 3 is 1.63 bits per heavy atom. The Balaban J connectivity index is 1.06. The predicted octanol–water partition coefficient (Wildman–Crippen LogP) is 14.8. The van der Waals surface area contributed by atoms with Gasteiger partial charge in [0.25, 0.3) is 0 Å². The molecule has 0 saturated carbocycles. The largest absolute Gasteiger partial charge is 0.310 e. The second-order valence-electron chi connectivity index (χ2n) is 13.4. The highest BCUT2D eigenvalue weighted by Crippen LogP contribution is 2.46. The lowest BCUT2D eigenvalue weighted by molar-refractivity contribution is 1.31. The summed E-state index contributed by atoms with van der Waals surface area (Å²) >= 11 is 1.86. The number of anilines is 3. The van der Waals surface area contributed by atoms with Gasteiger partial charge in [-0.15, -0.1) is 11.3 Å². The maximum atomic E-state index is 2.44. The van der Waals surface area contributed by atoms with E-state index in [0.29, 0.717) is 0 Å². The van der Waals surface area contributed by atoms with Crippen molar-refractivity contribution in [2.45, 2.75) is 0 Å². The van der Waals surface area contributed by atoms with E-state index in [1.54, 1.807) is 0 Å². The van der Waals surface area contributed by atoms with Crippen molar-refractivity contribution in [2.24, 2.45) is 0 Å². The number of fused-ring (bicyclic) bond motifs is 5. The average molecular weight is 680 g/mol.